The maximum atomic E-state index is 12.9. The highest BCUT2D eigenvalue weighted by molar-refractivity contribution is 5.79. The summed E-state index contributed by atoms with van der Waals surface area (Å²) >= 11 is 0. The maximum Gasteiger partial charge on any atom is 0.224 e. The van der Waals surface area contributed by atoms with Crippen LogP contribution in [0.2, 0.25) is 0 Å². The van der Waals surface area contributed by atoms with Crippen LogP contribution in [0.4, 0.5) is 0 Å². The summed E-state index contributed by atoms with van der Waals surface area (Å²) in [6.45, 7) is 3.38. The van der Waals surface area contributed by atoms with Gasteiger partial charge < -0.3 is 10.2 Å². The Morgan fingerprint density at radius 2 is 1.97 bits per heavy atom. The van der Waals surface area contributed by atoms with Gasteiger partial charge in [-0.25, -0.2) is 0 Å². The van der Waals surface area contributed by atoms with Gasteiger partial charge in [-0.1, -0.05) is 48.6 Å². The Morgan fingerprint density at radius 3 is 2.73 bits per heavy atom. The number of aromatic nitrogens is 1. The van der Waals surface area contributed by atoms with E-state index in [-0.39, 0.29) is 11.9 Å². The lowest BCUT2D eigenvalue weighted by molar-refractivity contribution is -0.121. The number of hydrogen-bond acceptors (Lipinski definition) is 3. The fraction of sp³-hybridized carbons (Fsp3) is 0.462. The average Bonchev–Trinajstić information content (AvgIpc) is 2.80. The molecule has 0 bridgehead atoms. The smallest absolute Gasteiger partial charge is 0.224 e. The van der Waals surface area contributed by atoms with Gasteiger partial charge in [0, 0.05) is 19.3 Å². The second-order valence-corrected chi connectivity index (χ2v) is 8.77. The standard InChI is InChI=1S/C26H33N3O/c30-25(18-21-10-3-1-4-11-21)28-26(24-15-7-8-16-27-24)23-14-9-17-29(20-23)19-22-12-5-2-6-13-22/h1-5,7-8,10-11,15-16,22-23,26H,6,9,12-14,17-20H2,(H,28,30)/t22-,23-,26+/m1/s1. The number of carbonyl (C=O) groups excluding carboxylic acids is 1. The number of pyridine rings is 1. The van der Waals surface area contributed by atoms with Crippen molar-refractivity contribution in [2.24, 2.45) is 11.8 Å². The predicted octanol–water partition coefficient (Wildman–Crippen LogP) is 4.55. The lowest BCUT2D eigenvalue weighted by atomic mass is 9.86. The van der Waals surface area contributed by atoms with Gasteiger partial charge >= 0.3 is 0 Å². The van der Waals surface area contributed by atoms with Gasteiger partial charge in [-0.15, -0.1) is 0 Å². The van der Waals surface area contributed by atoms with Crippen LogP contribution in [0.3, 0.4) is 0 Å². The molecule has 158 valence electrons. The molecule has 4 rings (SSSR count). The fourth-order valence-electron chi connectivity index (χ4n) is 4.92. The van der Waals surface area contributed by atoms with Gasteiger partial charge in [0.1, 0.15) is 0 Å². The molecule has 2 aromatic rings. The first-order chi connectivity index (χ1) is 14.8. The number of allylic oxidation sites excluding steroid dienone is 2. The van der Waals surface area contributed by atoms with Crippen LogP contribution in [-0.2, 0) is 11.2 Å². The third kappa shape index (κ3) is 5.79. The number of nitrogens with zero attached hydrogens (tertiary/aromatic N) is 2. The van der Waals surface area contributed by atoms with Crippen LogP contribution in [0, 0.1) is 11.8 Å². The summed E-state index contributed by atoms with van der Waals surface area (Å²) in [5.74, 6) is 1.24. The molecular weight excluding hydrogens is 370 g/mol. The lowest BCUT2D eigenvalue weighted by Gasteiger charge is -2.38. The quantitative estimate of drug-likeness (QED) is 0.690. The third-order valence-electron chi connectivity index (χ3n) is 6.44. The predicted molar refractivity (Wildman–Crippen MR) is 121 cm³/mol. The fourth-order valence-corrected chi connectivity index (χ4v) is 4.92. The monoisotopic (exact) mass is 403 g/mol. The second kappa shape index (κ2) is 10.5. The van der Waals surface area contributed by atoms with Crippen LogP contribution < -0.4 is 5.32 Å². The minimum Gasteiger partial charge on any atom is -0.347 e. The molecule has 1 aliphatic heterocycles. The summed E-state index contributed by atoms with van der Waals surface area (Å²) in [6.07, 6.45) is 12.9. The molecule has 1 saturated heterocycles. The van der Waals surface area contributed by atoms with E-state index in [0.29, 0.717) is 12.3 Å². The molecule has 0 saturated carbocycles. The van der Waals surface area contributed by atoms with E-state index in [2.05, 4.69) is 33.4 Å². The number of piperidine rings is 1. The topological polar surface area (TPSA) is 45.2 Å². The van der Waals surface area contributed by atoms with Crippen LogP contribution in [0.25, 0.3) is 0 Å². The Bertz CT molecular complexity index is 821. The van der Waals surface area contributed by atoms with Gasteiger partial charge in [0.05, 0.1) is 18.2 Å². The maximum absolute atomic E-state index is 12.9. The van der Waals surface area contributed by atoms with Crippen LogP contribution in [0.1, 0.15) is 49.4 Å². The number of hydrogen-bond donors (Lipinski definition) is 1. The summed E-state index contributed by atoms with van der Waals surface area (Å²) in [5, 5.41) is 3.34. The molecule has 0 spiro atoms. The average molecular weight is 404 g/mol. The summed E-state index contributed by atoms with van der Waals surface area (Å²) in [4.78, 5) is 20.1. The highest BCUT2D eigenvalue weighted by Gasteiger charge is 2.31. The van der Waals surface area contributed by atoms with Crippen molar-refractivity contribution in [3.05, 3.63) is 78.1 Å². The Morgan fingerprint density at radius 1 is 1.10 bits per heavy atom. The summed E-state index contributed by atoms with van der Waals surface area (Å²) in [7, 11) is 0. The van der Waals surface area contributed by atoms with Crippen molar-refractivity contribution in [3.8, 4) is 0 Å². The molecule has 0 radical (unpaired) electrons. The Hall–Kier alpha value is -2.46. The first-order valence-corrected chi connectivity index (χ1v) is 11.4. The van der Waals surface area contributed by atoms with Crippen molar-refractivity contribution in [3.63, 3.8) is 0 Å². The van der Waals surface area contributed by atoms with E-state index in [1.165, 1.54) is 38.8 Å². The molecule has 0 unspecified atom stereocenters. The molecular formula is C26H33N3O. The van der Waals surface area contributed by atoms with Crippen molar-refractivity contribution in [2.45, 2.75) is 44.6 Å². The lowest BCUT2D eigenvalue weighted by Crippen LogP contribution is -2.45. The van der Waals surface area contributed by atoms with Crippen LogP contribution in [0.5, 0.6) is 0 Å². The van der Waals surface area contributed by atoms with Gasteiger partial charge in [0.2, 0.25) is 5.91 Å². The zero-order valence-electron chi connectivity index (χ0n) is 17.7. The van der Waals surface area contributed by atoms with Gasteiger partial charge in [0.25, 0.3) is 0 Å². The highest BCUT2D eigenvalue weighted by Crippen LogP contribution is 2.30. The minimum absolute atomic E-state index is 0.0311. The molecule has 1 N–H and O–H groups in total. The molecule has 1 fully saturated rings. The number of rotatable bonds is 7. The first-order valence-electron chi connectivity index (χ1n) is 11.4. The van der Waals surface area contributed by atoms with E-state index < -0.39 is 0 Å². The molecule has 4 nitrogen and oxygen atoms in total. The van der Waals surface area contributed by atoms with Crippen LogP contribution in [0.15, 0.2) is 66.9 Å². The molecule has 2 heterocycles. The van der Waals surface area contributed by atoms with Crippen molar-refractivity contribution in [1.82, 2.24) is 15.2 Å². The summed E-state index contributed by atoms with van der Waals surface area (Å²) in [6, 6.07) is 16.0. The van der Waals surface area contributed by atoms with E-state index in [1.54, 1.807) is 0 Å². The van der Waals surface area contributed by atoms with Crippen LogP contribution >= 0.6 is 0 Å². The molecule has 3 atom stereocenters. The van der Waals surface area contributed by atoms with E-state index >= 15 is 0 Å². The largest absolute Gasteiger partial charge is 0.347 e. The number of likely N-dealkylation sites (tertiary alicyclic amines) is 1. The minimum atomic E-state index is -0.0311. The highest BCUT2D eigenvalue weighted by atomic mass is 16.1. The van der Waals surface area contributed by atoms with Crippen LogP contribution in [-0.4, -0.2) is 35.4 Å². The zero-order valence-corrected chi connectivity index (χ0v) is 17.7. The molecule has 2 aliphatic rings. The molecule has 30 heavy (non-hydrogen) atoms. The van der Waals surface area contributed by atoms with Crippen molar-refractivity contribution >= 4 is 5.91 Å². The van der Waals surface area contributed by atoms with E-state index in [1.807, 2.05) is 48.7 Å². The van der Waals surface area contributed by atoms with Gasteiger partial charge in [0.15, 0.2) is 0 Å². The molecule has 1 aromatic carbocycles. The first kappa shape index (κ1) is 20.8. The van der Waals surface area contributed by atoms with E-state index in [0.717, 1.165) is 30.1 Å². The van der Waals surface area contributed by atoms with E-state index in [4.69, 9.17) is 0 Å². The van der Waals surface area contributed by atoms with Gasteiger partial charge in [-0.2, -0.15) is 0 Å². The molecule has 1 amide bonds. The van der Waals surface area contributed by atoms with Crippen molar-refractivity contribution < 1.29 is 4.79 Å². The normalized spacial score (nSPS) is 23.1. The van der Waals surface area contributed by atoms with Gasteiger partial charge in [-0.05, 0) is 68.2 Å². The summed E-state index contributed by atoms with van der Waals surface area (Å²) < 4.78 is 0. The molecule has 4 heteroatoms. The van der Waals surface area contributed by atoms with Crippen molar-refractivity contribution in [1.29, 1.82) is 0 Å². The Balaban J connectivity index is 1.43. The SMILES string of the molecule is O=C(Cc1ccccc1)N[C@H](c1ccccn1)[C@@H]1CCCN(C[C@@H]2CC=CCC2)C1. The van der Waals surface area contributed by atoms with E-state index in [9.17, 15) is 4.79 Å². The zero-order chi connectivity index (χ0) is 20.6. The number of benzene rings is 1. The van der Waals surface area contributed by atoms with Gasteiger partial charge in [-0.3, -0.25) is 9.78 Å². The number of amides is 1. The number of nitrogens with one attached hydrogen (secondary N) is 1. The number of carbonyl (C=O) groups is 1. The van der Waals surface area contributed by atoms with Crippen molar-refractivity contribution in [2.75, 3.05) is 19.6 Å². The third-order valence-corrected chi connectivity index (χ3v) is 6.44. The molecule has 1 aromatic heterocycles. The molecule has 1 aliphatic carbocycles. The Kier molecular flexibility index (Phi) is 7.30. The Labute approximate surface area is 180 Å². The second-order valence-electron chi connectivity index (χ2n) is 8.77. The summed E-state index contributed by atoms with van der Waals surface area (Å²) in [5.41, 5.74) is 2.02.